The van der Waals surface area contributed by atoms with Crippen molar-refractivity contribution in [2.45, 2.75) is 0 Å². The van der Waals surface area contributed by atoms with Gasteiger partial charge in [0.2, 0.25) is 0 Å². The van der Waals surface area contributed by atoms with Gasteiger partial charge in [0.1, 0.15) is 5.75 Å². The summed E-state index contributed by atoms with van der Waals surface area (Å²) in [6.07, 6.45) is 0. The zero-order chi connectivity index (χ0) is 14.9. The number of halogens is 3. The van der Waals surface area contributed by atoms with Crippen molar-refractivity contribution in [3.63, 3.8) is 0 Å². The van der Waals surface area contributed by atoms with Crippen LogP contribution in [0.5, 0.6) is 5.75 Å². The molecule has 0 atom stereocenters. The fourth-order valence-corrected chi connectivity index (χ4v) is 2.54. The molecule has 0 aliphatic carbocycles. The molecule has 0 amide bonds. The van der Waals surface area contributed by atoms with Gasteiger partial charge >= 0.3 is 5.97 Å². The molecule has 2 aromatic carbocycles. The molecule has 3 nitrogen and oxygen atoms in total. The number of benzene rings is 2. The largest absolute Gasteiger partial charge is 0.495 e. The van der Waals surface area contributed by atoms with Crippen LogP contribution in [-0.4, -0.2) is 18.2 Å². The van der Waals surface area contributed by atoms with Crippen LogP contribution in [0.4, 0.5) is 0 Å². The number of ether oxygens (including phenoxy) is 1. The summed E-state index contributed by atoms with van der Waals surface area (Å²) in [6, 6.07) is 7.63. The number of hydrogen-bond donors (Lipinski definition) is 1. The zero-order valence-electron chi connectivity index (χ0n) is 10.3. The Kier molecular flexibility index (Phi) is 4.43. The second-order valence-electron chi connectivity index (χ2n) is 3.97. The summed E-state index contributed by atoms with van der Waals surface area (Å²) in [5.74, 6) is -0.587. The van der Waals surface area contributed by atoms with E-state index in [1.54, 1.807) is 18.2 Å². The number of aromatic carboxylic acids is 1. The van der Waals surface area contributed by atoms with Gasteiger partial charge in [-0.25, -0.2) is 4.79 Å². The molecule has 0 radical (unpaired) electrons. The SMILES string of the molecule is COc1cc(Cl)c(-c2ccc(C(=O)O)cc2Cl)cc1Cl. The third-order valence-corrected chi connectivity index (χ3v) is 3.67. The van der Waals surface area contributed by atoms with Crippen molar-refractivity contribution in [1.82, 2.24) is 0 Å². The molecule has 1 N–H and O–H groups in total. The summed E-state index contributed by atoms with van der Waals surface area (Å²) >= 11 is 18.3. The fourth-order valence-electron chi connectivity index (χ4n) is 1.76. The molecule has 20 heavy (non-hydrogen) atoms. The van der Waals surface area contributed by atoms with E-state index in [1.807, 2.05) is 0 Å². The Morgan fingerprint density at radius 3 is 2.20 bits per heavy atom. The average Bonchev–Trinajstić information content (AvgIpc) is 2.41. The molecule has 0 saturated heterocycles. The summed E-state index contributed by atoms with van der Waals surface area (Å²) in [7, 11) is 1.49. The maximum atomic E-state index is 10.9. The zero-order valence-corrected chi connectivity index (χ0v) is 12.6. The second-order valence-corrected chi connectivity index (χ2v) is 5.19. The monoisotopic (exact) mass is 330 g/mol. The highest BCUT2D eigenvalue weighted by Crippen LogP contribution is 2.39. The van der Waals surface area contributed by atoms with Crippen molar-refractivity contribution in [1.29, 1.82) is 0 Å². The first kappa shape index (κ1) is 15.0. The van der Waals surface area contributed by atoms with Gasteiger partial charge in [-0.2, -0.15) is 0 Å². The number of hydrogen-bond acceptors (Lipinski definition) is 2. The Balaban J connectivity index is 2.57. The quantitative estimate of drug-likeness (QED) is 0.859. The van der Waals surface area contributed by atoms with E-state index in [4.69, 9.17) is 44.6 Å². The van der Waals surface area contributed by atoms with Crippen molar-refractivity contribution in [2.75, 3.05) is 7.11 Å². The first-order chi connectivity index (χ1) is 9.43. The minimum absolute atomic E-state index is 0.106. The molecule has 0 heterocycles. The molecule has 0 aliphatic heterocycles. The van der Waals surface area contributed by atoms with E-state index in [-0.39, 0.29) is 10.6 Å². The van der Waals surface area contributed by atoms with Crippen LogP contribution in [0.1, 0.15) is 10.4 Å². The van der Waals surface area contributed by atoms with Crippen LogP contribution in [0.2, 0.25) is 15.1 Å². The van der Waals surface area contributed by atoms with Crippen LogP contribution in [-0.2, 0) is 0 Å². The average molecular weight is 332 g/mol. The third kappa shape index (κ3) is 2.85. The van der Waals surface area contributed by atoms with Gasteiger partial charge in [-0.05, 0) is 18.2 Å². The summed E-state index contributed by atoms with van der Waals surface area (Å²) < 4.78 is 5.07. The fraction of sp³-hybridized carbons (Fsp3) is 0.0714. The molecular weight excluding hydrogens is 323 g/mol. The normalized spacial score (nSPS) is 10.4. The van der Waals surface area contributed by atoms with E-state index in [0.717, 1.165) is 0 Å². The van der Waals surface area contributed by atoms with Gasteiger partial charge in [0, 0.05) is 22.2 Å². The van der Waals surface area contributed by atoms with Gasteiger partial charge in [0.25, 0.3) is 0 Å². The van der Waals surface area contributed by atoms with Crippen LogP contribution in [0, 0.1) is 0 Å². The lowest BCUT2D eigenvalue weighted by Crippen LogP contribution is -1.96. The molecule has 104 valence electrons. The summed E-state index contributed by atoms with van der Waals surface area (Å²) in [6.45, 7) is 0. The molecule has 0 aromatic heterocycles. The lowest BCUT2D eigenvalue weighted by Gasteiger charge is -2.11. The Morgan fingerprint density at radius 1 is 1.00 bits per heavy atom. The number of rotatable bonds is 3. The van der Waals surface area contributed by atoms with Gasteiger partial charge in [0.15, 0.2) is 0 Å². The highest BCUT2D eigenvalue weighted by Gasteiger charge is 2.14. The van der Waals surface area contributed by atoms with Crippen LogP contribution in [0.25, 0.3) is 11.1 Å². The Hall–Kier alpha value is -1.42. The standard InChI is InChI=1S/C14H9Cl3O3/c1-20-13-6-11(16)9(5-12(13)17)8-3-2-7(14(18)19)4-10(8)15/h2-6H,1H3,(H,18,19). The van der Waals surface area contributed by atoms with E-state index in [9.17, 15) is 4.79 Å². The molecule has 0 fully saturated rings. The number of carboxylic acids is 1. The Labute approximate surface area is 130 Å². The summed E-state index contributed by atoms with van der Waals surface area (Å²) in [5.41, 5.74) is 1.32. The lowest BCUT2D eigenvalue weighted by atomic mass is 10.0. The molecule has 0 bridgehead atoms. The second kappa shape index (κ2) is 5.92. The van der Waals surface area contributed by atoms with Crippen molar-refractivity contribution in [2.24, 2.45) is 0 Å². The van der Waals surface area contributed by atoms with E-state index >= 15 is 0 Å². The summed E-state index contributed by atoms with van der Waals surface area (Å²) in [5, 5.41) is 10.0. The molecule has 0 aliphatic rings. The number of carbonyl (C=O) groups is 1. The molecule has 6 heteroatoms. The molecule has 2 aromatic rings. The van der Waals surface area contributed by atoms with E-state index < -0.39 is 5.97 Å². The topological polar surface area (TPSA) is 46.5 Å². The van der Waals surface area contributed by atoms with Crippen molar-refractivity contribution in [3.8, 4) is 16.9 Å². The van der Waals surface area contributed by atoms with E-state index in [0.29, 0.717) is 26.9 Å². The van der Waals surface area contributed by atoms with Crippen molar-refractivity contribution in [3.05, 3.63) is 51.0 Å². The lowest BCUT2D eigenvalue weighted by molar-refractivity contribution is 0.0697. The third-order valence-electron chi connectivity index (χ3n) is 2.75. The number of methoxy groups -OCH3 is 1. The first-order valence-corrected chi connectivity index (χ1v) is 6.63. The van der Waals surface area contributed by atoms with Gasteiger partial charge in [-0.15, -0.1) is 0 Å². The molecule has 0 saturated carbocycles. The van der Waals surface area contributed by atoms with Gasteiger partial charge in [0.05, 0.1) is 22.7 Å². The minimum Gasteiger partial charge on any atom is -0.495 e. The maximum absolute atomic E-state index is 10.9. The van der Waals surface area contributed by atoms with Gasteiger partial charge in [-0.1, -0.05) is 40.9 Å². The van der Waals surface area contributed by atoms with Crippen LogP contribution >= 0.6 is 34.8 Å². The highest BCUT2D eigenvalue weighted by atomic mass is 35.5. The first-order valence-electron chi connectivity index (χ1n) is 5.50. The van der Waals surface area contributed by atoms with Crippen molar-refractivity contribution < 1.29 is 14.6 Å². The van der Waals surface area contributed by atoms with Crippen LogP contribution in [0.3, 0.4) is 0 Å². The molecular formula is C14H9Cl3O3. The maximum Gasteiger partial charge on any atom is 0.335 e. The molecule has 2 rings (SSSR count). The van der Waals surface area contributed by atoms with Crippen LogP contribution in [0.15, 0.2) is 30.3 Å². The van der Waals surface area contributed by atoms with Crippen LogP contribution < -0.4 is 4.74 Å². The van der Waals surface area contributed by atoms with Crippen molar-refractivity contribution >= 4 is 40.8 Å². The predicted octanol–water partition coefficient (Wildman–Crippen LogP) is 5.02. The Morgan fingerprint density at radius 2 is 1.65 bits per heavy atom. The predicted molar refractivity (Wildman–Crippen MR) is 80.4 cm³/mol. The smallest absolute Gasteiger partial charge is 0.335 e. The highest BCUT2D eigenvalue weighted by molar-refractivity contribution is 6.38. The van der Waals surface area contributed by atoms with E-state index in [2.05, 4.69) is 0 Å². The van der Waals surface area contributed by atoms with Gasteiger partial charge < -0.3 is 9.84 Å². The molecule has 0 unspecified atom stereocenters. The minimum atomic E-state index is -1.04. The van der Waals surface area contributed by atoms with E-state index in [1.165, 1.54) is 19.2 Å². The van der Waals surface area contributed by atoms with Gasteiger partial charge in [-0.3, -0.25) is 0 Å². The summed E-state index contributed by atoms with van der Waals surface area (Å²) in [4.78, 5) is 10.9. The number of carboxylic acid groups (broad SMARTS) is 1. The Bertz CT molecular complexity index is 684. The molecule has 0 spiro atoms.